The second-order valence-corrected chi connectivity index (χ2v) is 2.33. The molecule has 0 bridgehead atoms. The summed E-state index contributed by atoms with van der Waals surface area (Å²) in [6.07, 6.45) is 0.678. The average molecular weight is 147 g/mol. The van der Waals surface area contributed by atoms with Crippen molar-refractivity contribution in [1.82, 2.24) is 0 Å². The molecule has 0 saturated carbocycles. The van der Waals surface area contributed by atoms with Crippen LogP contribution in [-0.2, 0) is 4.74 Å². The van der Waals surface area contributed by atoms with Gasteiger partial charge in [0.25, 0.3) is 0 Å². The minimum atomic E-state index is -0.330. The van der Waals surface area contributed by atoms with Crippen molar-refractivity contribution in [3.8, 4) is 0 Å². The van der Waals surface area contributed by atoms with E-state index in [-0.39, 0.29) is 17.6 Å². The Morgan fingerprint density at radius 2 is 2.20 bits per heavy atom. The smallest absolute Gasteiger partial charge is 0.206 e. The van der Waals surface area contributed by atoms with E-state index in [4.69, 9.17) is 4.74 Å². The maximum absolute atomic E-state index is 9.79. The van der Waals surface area contributed by atoms with Crippen LogP contribution in [0, 0.1) is 10.1 Å². The fourth-order valence-electron chi connectivity index (χ4n) is 0.513. The largest absolute Gasteiger partial charge is 0.379 e. The van der Waals surface area contributed by atoms with Crippen molar-refractivity contribution in [1.29, 1.82) is 0 Å². The first-order chi connectivity index (χ1) is 4.63. The molecule has 0 unspecified atom stereocenters. The quantitative estimate of drug-likeness (QED) is 0.332. The Labute approximate surface area is 60.3 Å². The summed E-state index contributed by atoms with van der Waals surface area (Å²) in [5.41, 5.74) is 0. The zero-order valence-corrected chi connectivity index (χ0v) is 6.37. The molecule has 0 radical (unpaired) electrons. The standard InChI is InChI=1S/C6H13NO3/c1-6(2)10-5-3-4-7(8)9/h6H,3-5H2,1-2H3. The van der Waals surface area contributed by atoms with E-state index >= 15 is 0 Å². The van der Waals surface area contributed by atoms with E-state index in [1.165, 1.54) is 0 Å². The first kappa shape index (κ1) is 9.36. The van der Waals surface area contributed by atoms with E-state index in [9.17, 15) is 10.1 Å². The maximum Gasteiger partial charge on any atom is 0.206 e. The van der Waals surface area contributed by atoms with Crippen LogP contribution < -0.4 is 0 Å². The van der Waals surface area contributed by atoms with Crippen LogP contribution in [-0.4, -0.2) is 24.2 Å². The van der Waals surface area contributed by atoms with Crippen molar-refractivity contribution < 1.29 is 9.66 Å². The molecular weight excluding hydrogens is 134 g/mol. The van der Waals surface area contributed by atoms with Crippen molar-refractivity contribution in [2.75, 3.05) is 13.2 Å². The molecule has 0 aliphatic heterocycles. The molecule has 0 heterocycles. The summed E-state index contributed by atoms with van der Waals surface area (Å²) < 4.78 is 5.09. The molecule has 0 spiro atoms. The van der Waals surface area contributed by atoms with Crippen molar-refractivity contribution in [2.45, 2.75) is 26.4 Å². The maximum atomic E-state index is 9.79. The lowest BCUT2D eigenvalue weighted by molar-refractivity contribution is -0.481. The molecule has 4 nitrogen and oxygen atoms in total. The van der Waals surface area contributed by atoms with Crippen LogP contribution in [0.2, 0.25) is 0 Å². The predicted molar refractivity (Wildman–Crippen MR) is 37.6 cm³/mol. The van der Waals surface area contributed by atoms with Crippen molar-refractivity contribution in [2.24, 2.45) is 0 Å². The SMILES string of the molecule is CC(C)OCCC[N+](=O)[O-]. The van der Waals surface area contributed by atoms with Gasteiger partial charge in [0.05, 0.1) is 12.7 Å². The van der Waals surface area contributed by atoms with Gasteiger partial charge in [-0.15, -0.1) is 0 Å². The van der Waals surface area contributed by atoms with Gasteiger partial charge < -0.3 is 4.74 Å². The van der Waals surface area contributed by atoms with E-state index in [2.05, 4.69) is 0 Å². The summed E-state index contributed by atoms with van der Waals surface area (Å²) in [4.78, 5) is 9.46. The fourth-order valence-corrected chi connectivity index (χ4v) is 0.513. The van der Waals surface area contributed by atoms with Gasteiger partial charge in [0, 0.05) is 11.3 Å². The number of nitro groups is 1. The first-order valence-electron chi connectivity index (χ1n) is 3.36. The molecule has 0 amide bonds. The topological polar surface area (TPSA) is 52.4 Å². The van der Waals surface area contributed by atoms with Crippen LogP contribution in [0.4, 0.5) is 0 Å². The molecule has 60 valence electrons. The van der Waals surface area contributed by atoms with Gasteiger partial charge in [0.15, 0.2) is 0 Å². The third kappa shape index (κ3) is 7.36. The molecular formula is C6H13NO3. The van der Waals surface area contributed by atoms with Crippen LogP contribution in [0.1, 0.15) is 20.3 Å². The number of ether oxygens (including phenoxy) is 1. The zero-order chi connectivity index (χ0) is 7.98. The summed E-state index contributed by atoms with van der Waals surface area (Å²) >= 11 is 0. The molecule has 4 heteroatoms. The summed E-state index contributed by atoms with van der Waals surface area (Å²) in [5, 5.41) is 9.79. The van der Waals surface area contributed by atoms with Crippen molar-refractivity contribution >= 4 is 0 Å². The van der Waals surface area contributed by atoms with Crippen LogP contribution >= 0.6 is 0 Å². The highest BCUT2D eigenvalue weighted by molar-refractivity contribution is 4.37. The normalized spacial score (nSPS) is 10.3. The van der Waals surface area contributed by atoms with E-state index in [1.54, 1.807) is 0 Å². The summed E-state index contributed by atoms with van der Waals surface area (Å²) in [5.74, 6) is 0. The number of nitrogens with zero attached hydrogens (tertiary/aromatic N) is 1. The van der Waals surface area contributed by atoms with Gasteiger partial charge in [-0.3, -0.25) is 10.1 Å². The molecule has 0 saturated heterocycles. The van der Waals surface area contributed by atoms with Gasteiger partial charge in [-0.1, -0.05) is 0 Å². The lowest BCUT2D eigenvalue weighted by atomic mass is 10.4. The van der Waals surface area contributed by atoms with Gasteiger partial charge in [-0.2, -0.15) is 0 Å². The highest BCUT2D eigenvalue weighted by Gasteiger charge is 1.97. The van der Waals surface area contributed by atoms with Gasteiger partial charge in [-0.25, -0.2) is 0 Å². The van der Waals surface area contributed by atoms with Gasteiger partial charge >= 0.3 is 0 Å². The Balaban J connectivity index is 2.98. The Morgan fingerprint density at radius 1 is 1.60 bits per heavy atom. The Morgan fingerprint density at radius 3 is 2.60 bits per heavy atom. The Hall–Kier alpha value is -0.640. The second kappa shape index (κ2) is 5.17. The molecule has 0 N–H and O–H groups in total. The van der Waals surface area contributed by atoms with Crippen LogP contribution in [0.25, 0.3) is 0 Å². The molecule has 0 aliphatic rings. The predicted octanol–water partition coefficient (Wildman–Crippen LogP) is 1.08. The summed E-state index contributed by atoms with van der Waals surface area (Å²) in [6, 6.07) is 0. The number of hydrogen-bond acceptors (Lipinski definition) is 3. The van der Waals surface area contributed by atoms with Crippen molar-refractivity contribution in [3.05, 3.63) is 10.1 Å². The van der Waals surface area contributed by atoms with Gasteiger partial charge in [-0.05, 0) is 13.8 Å². The monoisotopic (exact) mass is 147 g/mol. The highest BCUT2D eigenvalue weighted by Crippen LogP contribution is 1.89. The van der Waals surface area contributed by atoms with E-state index in [1.807, 2.05) is 13.8 Å². The molecule has 0 aliphatic carbocycles. The van der Waals surface area contributed by atoms with Crippen LogP contribution in [0.15, 0.2) is 0 Å². The second-order valence-electron chi connectivity index (χ2n) is 2.33. The molecule has 0 rings (SSSR count). The van der Waals surface area contributed by atoms with E-state index in [0.29, 0.717) is 13.0 Å². The van der Waals surface area contributed by atoms with E-state index < -0.39 is 0 Å². The average Bonchev–Trinajstić information content (AvgIpc) is 1.79. The summed E-state index contributed by atoms with van der Waals surface area (Å²) in [7, 11) is 0. The third-order valence-electron chi connectivity index (χ3n) is 0.936. The molecule has 0 aromatic carbocycles. The lowest BCUT2D eigenvalue weighted by Gasteiger charge is -2.04. The Kier molecular flexibility index (Phi) is 4.84. The number of rotatable bonds is 5. The van der Waals surface area contributed by atoms with Gasteiger partial charge in [0.1, 0.15) is 0 Å². The molecule has 10 heavy (non-hydrogen) atoms. The molecule has 0 aromatic rings. The highest BCUT2D eigenvalue weighted by atomic mass is 16.6. The third-order valence-corrected chi connectivity index (χ3v) is 0.936. The lowest BCUT2D eigenvalue weighted by Crippen LogP contribution is -2.08. The molecule has 0 aromatic heterocycles. The minimum Gasteiger partial charge on any atom is -0.379 e. The molecule has 0 fully saturated rings. The minimum absolute atomic E-state index is 0.00667. The summed E-state index contributed by atoms with van der Waals surface area (Å²) in [6.45, 7) is 4.31. The van der Waals surface area contributed by atoms with Crippen molar-refractivity contribution in [3.63, 3.8) is 0 Å². The Bertz CT molecular complexity index is 103. The molecule has 0 atom stereocenters. The van der Waals surface area contributed by atoms with E-state index in [0.717, 1.165) is 0 Å². The number of hydrogen-bond donors (Lipinski definition) is 0. The van der Waals surface area contributed by atoms with Crippen LogP contribution in [0.5, 0.6) is 0 Å². The van der Waals surface area contributed by atoms with Crippen LogP contribution in [0.3, 0.4) is 0 Å². The first-order valence-corrected chi connectivity index (χ1v) is 3.36. The zero-order valence-electron chi connectivity index (χ0n) is 6.37. The fraction of sp³-hybridized carbons (Fsp3) is 1.00. The van der Waals surface area contributed by atoms with Gasteiger partial charge in [0.2, 0.25) is 6.54 Å².